The zero-order valence-electron chi connectivity index (χ0n) is 11.8. The van der Waals surface area contributed by atoms with Gasteiger partial charge in [-0.3, -0.25) is 4.68 Å². The number of hydrogen-bond donors (Lipinski definition) is 1. The highest BCUT2D eigenvalue weighted by Crippen LogP contribution is 2.24. The van der Waals surface area contributed by atoms with Crippen LogP contribution in [0.4, 0.5) is 0 Å². The maximum atomic E-state index is 6.39. The molecule has 0 aliphatic rings. The van der Waals surface area contributed by atoms with Gasteiger partial charge in [-0.25, -0.2) is 0 Å². The van der Waals surface area contributed by atoms with E-state index in [1.165, 1.54) is 11.1 Å². The van der Waals surface area contributed by atoms with Gasteiger partial charge in [0.2, 0.25) is 0 Å². The highest BCUT2D eigenvalue weighted by molar-refractivity contribution is 5.21. The van der Waals surface area contributed by atoms with Crippen molar-refractivity contribution < 1.29 is 0 Å². The van der Waals surface area contributed by atoms with Crippen LogP contribution in [0.25, 0.3) is 0 Å². The lowest BCUT2D eigenvalue weighted by Gasteiger charge is -2.23. The summed E-state index contributed by atoms with van der Waals surface area (Å²) >= 11 is 0. The topological polar surface area (TPSA) is 43.8 Å². The van der Waals surface area contributed by atoms with Crippen LogP contribution >= 0.6 is 0 Å². The Morgan fingerprint density at radius 3 is 2.58 bits per heavy atom. The van der Waals surface area contributed by atoms with Crippen molar-refractivity contribution in [2.45, 2.75) is 38.1 Å². The first-order valence-electron chi connectivity index (χ1n) is 6.98. The van der Waals surface area contributed by atoms with Crippen molar-refractivity contribution in [1.82, 2.24) is 9.78 Å². The zero-order chi connectivity index (χ0) is 13.7. The number of nitrogens with two attached hydrogens (primary N) is 1. The Hall–Kier alpha value is -1.61. The number of benzene rings is 1. The van der Waals surface area contributed by atoms with E-state index in [0.717, 1.165) is 19.3 Å². The van der Waals surface area contributed by atoms with Gasteiger partial charge in [0.15, 0.2) is 0 Å². The summed E-state index contributed by atoms with van der Waals surface area (Å²) in [6, 6.07) is 10.8. The second-order valence-electron chi connectivity index (χ2n) is 5.15. The molecular weight excluding hydrogens is 234 g/mol. The molecule has 0 aliphatic heterocycles. The maximum absolute atomic E-state index is 6.39. The summed E-state index contributed by atoms with van der Waals surface area (Å²) < 4.78 is 1.84. The number of hydrogen-bond acceptors (Lipinski definition) is 2. The third kappa shape index (κ3) is 3.67. The van der Waals surface area contributed by atoms with Crippen LogP contribution in [-0.2, 0) is 13.5 Å². The lowest BCUT2D eigenvalue weighted by atomic mass is 9.87. The smallest absolute Gasteiger partial charge is 0.0521 e. The van der Waals surface area contributed by atoms with E-state index < -0.39 is 0 Å². The second-order valence-corrected chi connectivity index (χ2v) is 5.15. The van der Waals surface area contributed by atoms with Crippen molar-refractivity contribution in [3.05, 3.63) is 53.9 Å². The Labute approximate surface area is 115 Å². The summed E-state index contributed by atoms with van der Waals surface area (Å²) in [4.78, 5) is 0. The van der Waals surface area contributed by atoms with Crippen molar-refractivity contribution >= 4 is 0 Å². The van der Waals surface area contributed by atoms with Crippen LogP contribution < -0.4 is 5.73 Å². The van der Waals surface area contributed by atoms with Gasteiger partial charge in [0.1, 0.15) is 0 Å². The minimum Gasteiger partial charge on any atom is -0.327 e. The Kier molecular flexibility index (Phi) is 4.74. The van der Waals surface area contributed by atoms with Crippen LogP contribution in [0.2, 0.25) is 0 Å². The molecule has 2 rings (SSSR count). The molecule has 2 unspecified atom stereocenters. The quantitative estimate of drug-likeness (QED) is 0.864. The zero-order valence-corrected chi connectivity index (χ0v) is 11.8. The standard InChI is InChI=1S/C16H23N3/c1-3-15(14-7-5-4-6-8-14)16(17)10-9-13-11-18-19(2)12-13/h4-8,11-12,15-16H,3,9-10,17H2,1-2H3. The molecule has 0 amide bonds. The van der Waals surface area contributed by atoms with E-state index in [9.17, 15) is 0 Å². The van der Waals surface area contributed by atoms with E-state index in [-0.39, 0.29) is 6.04 Å². The van der Waals surface area contributed by atoms with E-state index >= 15 is 0 Å². The van der Waals surface area contributed by atoms with Crippen LogP contribution in [0, 0.1) is 0 Å². The molecule has 0 radical (unpaired) electrons. The van der Waals surface area contributed by atoms with Gasteiger partial charge in [0.25, 0.3) is 0 Å². The summed E-state index contributed by atoms with van der Waals surface area (Å²) in [5.74, 6) is 0.442. The molecule has 0 spiro atoms. The van der Waals surface area contributed by atoms with Crippen molar-refractivity contribution in [2.24, 2.45) is 12.8 Å². The van der Waals surface area contributed by atoms with E-state index in [0.29, 0.717) is 5.92 Å². The summed E-state index contributed by atoms with van der Waals surface area (Å²) in [7, 11) is 1.95. The number of rotatable bonds is 6. The van der Waals surface area contributed by atoms with Gasteiger partial charge in [-0.15, -0.1) is 0 Å². The molecule has 0 bridgehead atoms. The van der Waals surface area contributed by atoms with Crippen LogP contribution in [0.5, 0.6) is 0 Å². The fourth-order valence-corrected chi connectivity index (χ4v) is 2.62. The van der Waals surface area contributed by atoms with Crippen LogP contribution in [-0.4, -0.2) is 15.8 Å². The molecule has 0 saturated heterocycles. The number of aromatic nitrogens is 2. The van der Waals surface area contributed by atoms with Crippen LogP contribution in [0.3, 0.4) is 0 Å². The summed E-state index contributed by atoms with van der Waals surface area (Å²) in [6.07, 6.45) is 7.07. The highest BCUT2D eigenvalue weighted by atomic mass is 15.2. The van der Waals surface area contributed by atoms with Crippen molar-refractivity contribution in [2.75, 3.05) is 0 Å². The van der Waals surface area contributed by atoms with E-state index in [1.54, 1.807) is 0 Å². The molecule has 1 aromatic heterocycles. The first-order chi connectivity index (χ1) is 9.20. The molecule has 1 aromatic carbocycles. The van der Waals surface area contributed by atoms with Crippen molar-refractivity contribution in [3.63, 3.8) is 0 Å². The molecule has 0 fully saturated rings. The first-order valence-corrected chi connectivity index (χ1v) is 6.98. The fraction of sp³-hybridized carbons (Fsp3) is 0.438. The van der Waals surface area contributed by atoms with Crippen molar-refractivity contribution in [3.8, 4) is 0 Å². The van der Waals surface area contributed by atoms with Gasteiger partial charge in [-0.2, -0.15) is 5.10 Å². The number of nitrogens with zero attached hydrogens (tertiary/aromatic N) is 2. The lowest BCUT2D eigenvalue weighted by molar-refractivity contribution is 0.488. The summed E-state index contributed by atoms with van der Waals surface area (Å²) in [5, 5.41) is 4.19. The van der Waals surface area contributed by atoms with Crippen LogP contribution in [0.15, 0.2) is 42.7 Å². The molecule has 19 heavy (non-hydrogen) atoms. The van der Waals surface area contributed by atoms with E-state index in [2.05, 4.69) is 48.6 Å². The third-order valence-corrected chi connectivity index (χ3v) is 3.71. The van der Waals surface area contributed by atoms with Gasteiger partial charge >= 0.3 is 0 Å². The number of aryl methyl sites for hydroxylation is 2. The molecule has 2 aromatic rings. The Morgan fingerprint density at radius 2 is 2.00 bits per heavy atom. The largest absolute Gasteiger partial charge is 0.327 e. The van der Waals surface area contributed by atoms with Gasteiger partial charge in [0.05, 0.1) is 6.20 Å². The molecule has 2 atom stereocenters. The summed E-state index contributed by atoms with van der Waals surface area (Å²) in [6.45, 7) is 2.21. The minimum absolute atomic E-state index is 0.201. The average Bonchev–Trinajstić information content (AvgIpc) is 2.84. The average molecular weight is 257 g/mol. The third-order valence-electron chi connectivity index (χ3n) is 3.71. The van der Waals surface area contributed by atoms with Crippen molar-refractivity contribution in [1.29, 1.82) is 0 Å². The van der Waals surface area contributed by atoms with Gasteiger partial charge < -0.3 is 5.73 Å². The normalized spacial score (nSPS) is 14.3. The lowest BCUT2D eigenvalue weighted by Crippen LogP contribution is -2.28. The molecule has 102 valence electrons. The molecule has 0 aliphatic carbocycles. The first kappa shape index (κ1) is 13.8. The molecule has 1 heterocycles. The Bertz CT molecular complexity index is 490. The molecule has 2 N–H and O–H groups in total. The van der Waals surface area contributed by atoms with Crippen LogP contribution in [0.1, 0.15) is 36.8 Å². The Morgan fingerprint density at radius 1 is 1.26 bits per heavy atom. The van der Waals surface area contributed by atoms with E-state index in [4.69, 9.17) is 5.73 Å². The maximum Gasteiger partial charge on any atom is 0.0521 e. The highest BCUT2D eigenvalue weighted by Gasteiger charge is 2.17. The predicted octanol–water partition coefficient (Wildman–Crippen LogP) is 2.87. The SMILES string of the molecule is CCC(c1ccccc1)C(N)CCc1cnn(C)c1. The van der Waals surface area contributed by atoms with Gasteiger partial charge in [0, 0.05) is 19.3 Å². The monoisotopic (exact) mass is 257 g/mol. The predicted molar refractivity (Wildman–Crippen MR) is 79.0 cm³/mol. The minimum atomic E-state index is 0.201. The molecule has 3 heteroatoms. The van der Waals surface area contributed by atoms with E-state index in [1.807, 2.05) is 17.9 Å². The molecule has 3 nitrogen and oxygen atoms in total. The Balaban J connectivity index is 1.95. The molecular formula is C16H23N3. The van der Waals surface area contributed by atoms with Gasteiger partial charge in [-0.05, 0) is 36.3 Å². The summed E-state index contributed by atoms with van der Waals surface area (Å²) in [5.41, 5.74) is 9.00. The fourth-order valence-electron chi connectivity index (χ4n) is 2.62. The van der Waals surface area contributed by atoms with Gasteiger partial charge in [-0.1, -0.05) is 37.3 Å². The second kappa shape index (κ2) is 6.53. The molecule has 0 saturated carbocycles.